The molecule has 2 heterocycles. The maximum absolute atomic E-state index is 11.7. The molecular weight excluding hydrogens is 328 g/mol. The first kappa shape index (κ1) is 18.1. The molecule has 1 amide bonds. The van der Waals surface area contributed by atoms with Crippen molar-refractivity contribution in [2.75, 3.05) is 6.54 Å². The fourth-order valence-corrected chi connectivity index (χ4v) is 2.70. The quantitative estimate of drug-likeness (QED) is 0.737. The summed E-state index contributed by atoms with van der Waals surface area (Å²) in [5.41, 5.74) is 1.61. The highest BCUT2D eigenvalue weighted by molar-refractivity contribution is 7.13. The Hall–Kier alpha value is -2.22. The van der Waals surface area contributed by atoms with E-state index >= 15 is 0 Å². The van der Waals surface area contributed by atoms with Gasteiger partial charge in [0.15, 0.2) is 0 Å². The van der Waals surface area contributed by atoms with Crippen molar-refractivity contribution < 1.29 is 14.3 Å². The molecule has 130 valence electrons. The number of hydrogen-bond donors (Lipinski definition) is 1. The predicted molar refractivity (Wildman–Crippen MR) is 91.2 cm³/mol. The van der Waals surface area contributed by atoms with Crippen molar-refractivity contribution in [3.63, 3.8) is 0 Å². The molecule has 0 radical (unpaired) electrons. The SMILES string of the molecule is CC(C)CCC(=O)NCC(=O)OCc1csc(-c2cnn(C)c2)n1. The summed E-state index contributed by atoms with van der Waals surface area (Å²) < 4.78 is 6.83. The van der Waals surface area contributed by atoms with E-state index in [0.29, 0.717) is 18.0 Å². The number of thiazole rings is 1. The third-order valence-corrected chi connectivity index (χ3v) is 4.20. The largest absolute Gasteiger partial charge is 0.458 e. The molecule has 1 N–H and O–H groups in total. The highest BCUT2D eigenvalue weighted by Crippen LogP contribution is 2.23. The minimum Gasteiger partial charge on any atom is -0.458 e. The lowest BCUT2D eigenvalue weighted by Gasteiger charge is -2.06. The molecule has 0 saturated carbocycles. The standard InChI is InChI=1S/C16H22N4O3S/c1-11(2)4-5-14(21)17-7-15(22)23-9-13-10-24-16(19-13)12-6-18-20(3)8-12/h6,8,10-11H,4-5,7,9H2,1-3H3,(H,17,21). The van der Waals surface area contributed by atoms with Gasteiger partial charge in [-0.2, -0.15) is 5.10 Å². The van der Waals surface area contributed by atoms with Gasteiger partial charge in [0.05, 0.1) is 11.9 Å². The van der Waals surface area contributed by atoms with Gasteiger partial charge in [-0.25, -0.2) is 4.98 Å². The molecule has 2 rings (SSSR count). The van der Waals surface area contributed by atoms with Gasteiger partial charge in [-0.05, 0) is 12.3 Å². The van der Waals surface area contributed by atoms with Gasteiger partial charge >= 0.3 is 5.97 Å². The molecule has 0 aromatic carbocycles. The Morgan fingerprint density at radius 2 is 2.21 bits per heavy atom. The third kappa shape index (κ3) is 5.77. The van der Waals surface area contributed by atoms with Gasteiger partial charge in [0, 0.05) is 30.6 Å². The number of ether oxygens (including phenoxy) is 1. The van der Waals surface area contributed by atoms with Crippen LogP contribution in [0.4, 0.5) is 0 Å². The van der Waals surface area contributed by atoms with Crippen LogP contribution in [0.5, 0.6) is 0 Å². The summed E-state index contributed by atoms with van der Waals surface area (Å²) in [6.45, 7) is 4.08. The van der Waals surface area contributed by atoms with Crippen molar-refractivity contribution in [3.8, 4) is 10.6 Å². The molecular formula is C16H22N4O3S. The van der Waals surface area contributed by atoms with Crippen molar-refractivity contribution in [2.45, 2.75) is 33.3 Å². The highest BCUT2D eigenvalue weighted by atomic mass is 32.1. The number of aryl methyl sites for hydroxylation is 1. The van der Waals surface area contributed by atoms with Gasteiger partial charge in [0.25, 0.3) is 0 Å². The molecule has 7 nitrogen and oxygen atoms in total. The van der Waals surface area contributed by atoms with Crippen LogP contribution < -0.4 is 5.32 Å². The van der Waals surface area contributed by atoms with Gasteiger partial charge in [0.2, 0.25) is 5.91 Å². The molecule has 0 aliphatic heterocycles. The number of nitrogens with one attached hydrogen (secondary N) is 1. The van der Waals surface area contributed by atoms with Gasteiger partial charge < -0.3 is 10.1 Å². The topological polar surface area (TPSA) is 86.1 Å². The van der Waals surface area contributed by atoms with Gasteiger partial charge in [-0.15, -0.1) is 11.3 Å². The number of rotatable bonds is 8. The number of aromatic nitrogens is 3. The maximum atomic E-state index is 11.7. The first-order chi connectivity index (χ1) is 11.4. The smallest absolute Gasteiger partial charge is 0.325 e. The second-order valence-electron chi connectivity index (χ2n) is 5.92. The molecule has 0 aliphatic carbocycles. The highest BCUT2D eigenvalue weighted by Gasteiger charge is 2.10. The summed E-state index contributed by atoms with van der Waals surface area (Å²) in [4.78, 5) is 27.6. The van der Waals surface area contributed by atoms with Gasteiger partial charge in [-0.3, -0.25) is 14.3 Å². The molecule has 0 fully saturated rings. The zero-order valence-electron chi connectivity index (χ0n) is 14.1. The second-order valence-corrected chi connectivity index (χ2v) is 6.77. The van der Waals surface area contributed by atoms with E-state index in [9.17, 15) is 9.59 Å². The summed E-state index contributed by atoms with van der Waals surface area (Å²) in [5.74, 6) is -0.140. The lowest BCUT2D eigenvalue weighted by atomic mass is 10.1. The number of esters is 1. The lowest BCUT2D eigenvalue weighted by Crippen LogP contribution is -2.30. The van der Waals surface area contributed by atoms with E-state index in [-0.39, 0.29) is 19.1 Å². The number of amides is 1. The normalized spacial score (nSPS) is 10.8. The van der Waals surface area contributed by atoms with Crippen molar-refractivity contribution in [1.29, 1.82) is 0 Å². The zero-order chi connectivity index (χ0) is 17.5. The van der Waals surface area contributed by atoms with Crippen LogP contribution in [0.2, 0.25) is 0 Å². The lowest BCUT2D eigenvalue weighted by molar-refractivity contribution is -0.145. The minimum atomic E-state index is -0.469. The van der Waals surface area contributed by atoms with E-state index < -0.39 is 5.97 Å². The van der Waals surface area contributed by atoms with Gasteiger partial charge in [-0.1, -0.05) is 13.8 Å². The van der Waals surface area contributed by atoms with E-state index in [4.69, 9.17) is 4.74 Å². The molecule has 2 aromatic heterocycles. The van der Waals surface area contributed by atoms with E-state index in [1.54, 1.807) is 10.9 Å². The molecule has 0 spiro atoms. The molecule has 0 saturated heterocycles. The number of nitrogens with zero attached hydrogens (tertiary/aromatic N) is 3. The second kappa shape index (κ2) is 8.58. The van der Waals surface area contributed by atoms with Crippen LogP contribution in [0, 0.1) is 5.92 Å². The first-order valence-corrected chi connectivity index (χ1v) is 8.67. The van der Waals surface area contributed by atoms with E-state index in [1.165, 1.54) is 11.3 Å². The van der Waals surface area contributed by atoms with Crippen LogP contribution >= 0.6 is 11.3 Å². The first-order valence-electron chi connectivity index (χ1n) is 7.79. The number of hydrogen-bond acceptors (Lipinski definition) is 6. The van der Waals surface area contributed by atoms with Crippen molar-refractivity contribution in [2.24, 2.45) is 13.0 Å². The van der Waals surface area contributed by atoms with Crippen LogP contribution in [-0.4, -0.2) is 33.2 Å². The minimum absolute atomic E-state index is 0.0947. The van der Waals surface area contributed by atoms with Crippen LogP contribution in [0.3, 0.4) is 0 Å². The molecule has 24 heavy (non-hydrogen) atoms. The van der Waals surface area contributed by atoms with Crippen molar-refractivity contribution in [1.82, 2.24) is 20.1 Å². The summed E-state index contributed by atoms with van der Waals surface area (Å²) in [7, 11) is 1.84. The molecule has 8 heteroatoms. The predicted octanol–water partition coefficient (Wildman–Crippen LogP) is 2.14. The average molecular weight is 350 g/mol. The Balaban J connectivity index is 1.72. The monoisotopic (exact) mass is 350 g/mol. The molecule has 0 atom stereocenters. The van der Waals surface area contributed by atoms with Crippen LogP contribution in [0.15, 0.2) is 17.8 Å². The van der Waals surface area contributed by atoms with Crippen LogP contribution in [0.25, 0.3) is 10.6 Å². The number of carbonyl (C=O) groups excluding carboxylic acids is 2. The Kier molecular flexibility index (Phi) is 6.48. The zero-order valence-corrected chi connectivity index (χ0v) is 14.9. The van der Waals surface area contributed by atoms with E-state index in [1.807, 2.05) is 18.6 Å². The average Bonchev–Trinajstić information content (AvgIpc) is 3.17. The Labute approximate surface area is 145 Å². The molecule has 0 unspecified atom stereocenters. The van der Waals surface area contributed by atoms with Crippen LogP contribution in [-0.2, 0) is 28.0 Å². The summed E-state index contributed by atoms with van der Waals surface area (Å²) in [5, 5.41) is 9.34. The van der Waals surface area contributed by atoms with E-state index in [0.717, 1.165) is 17.0 Å². The summed E-state index contributed by atoms with van der Waals surface area (Å²) in [6.07, 6.45) is 4.84. The van der Waals surface area contributed by atoms with Crippen LogP contribution in [0.1, 0.15) is 32.4 Å². The van der Waals surface area contributed by atoms with E-state index in [2.05, 4.69) is 29.2 Å². The molecule has 2 aromatic rings. The maximum Gasteiger partial charge on any atom is 0.325 e. The summed E-state index contributed by atoms with van der Waals surface area (Å²) in [6, 6.07) is 0. The fourth-order valence-electron chi connectivity index (χ4n) is 1.92. The fraction of sp³-hybridized carbons (Fsp3) is 0.500. The van der Waals surface area contributed by atoms with Gasteiger partial charge in [0.1, 0.15) is 18.2 Å². The Bertz CT molecular complexity index is 693. The number of carbonyl (C=O) groups is 2. The third-order valence-electron chi connectivity index (χ3n) is 3.26. The Morgan fingerprint density at radius 1 is 1.42 bits per heavy atom. The Morgan fingerprint density at radius 3 is 2.88 bits per heavy atom. The van der Waals surface area contributed by atoms with Crippen molar-refractivity contribution >= 4 is 23.2 Å². The van der Waals surface area contributed by atoms with Crippen molar-refractivity contribution in [3.05, 3.63) is 23.5 Å². The summed E-state index contributed by atoms with van der Waals surface area (Å²) >= 11 is 1.47. The molecule has 0 bridgehead atoms. The molecule has 0 aliphatic rings.